The van der Waals surface area contributed by atoms with Crippen molar-refractivity contribution in [1.82, 2.24) is 19.9 Å². The molecule has 0 saturated carbocycles. The van der Waals surface area contributed by atoms with Gasteiger partial charge in [-0.3, -0.25) is 4.79 Å². The van der Waals surface area contributed by atoms with Crippen molar-refractivity contribution in [1.29, 1.82) is 0 Å². The highest BCUT2D eigenvalue weighted by Crippen LogP contribution is 2.33. The predicted octanol–water partition coefficient (Wildman–Crippen LogP) is 3.14. The number of aromatic nitrogens is 3. The lowest BCUT2D eigenvalue weighted by molar-refractivity contribution is -0.135. The van der Waals surface area contributed by atoms with Crippen LogP contribution in [-0.2, 0) is 22.5 Å². The smallest absolute Gasteiger partial charge is 0.338 e. The van der Waals surface area contributed by atoms with Crippen molar-refractivity contribution in [3.63, 3.8) is 0 Å². The fraction of sp³-hybridized carbons (Fsp3) is 0.364. The predicted molar refractivity (Wildman–Crippen MR) is 108 cm³/mol. The van der Waals surface area contributed by atoms with Crippen molar-refractivity contribution in [2.24, 2.45) is 0 Å². The van der Waals surface area contributed by atoms with E-state index < -0.39 is 5.97 Å². The first-order chi connectivity index (χ1) is 14.1. The van der Waals surface area contributed by atoms with Crippen LogP contribution < -0.4 is 0 Å². The lowest BCUT2D eigenvalue weighted by atomic mass is 9.87. The Bertz CT molecular complexity index is 1060. The van der Waals surface area contributed by atoms with Crippen LogP contribution in [0.3, 0.4) is 0 Å². The maximum Gasteiger partial charge on any atom is 0.338 e. The Labute approximate surface area is 169 Å². The van der Waals surface area contributed by atoms with Gasteiger partial charge < -0.3 is 9.64 Å². The number of benzene rings is 2. The second-order valence-electron chi connectivity index (χ2n) is 7.30. The van der Waals surface area contributed by atoms with Crippen molar-refractivity contribution in [3.05, 3.63) is 59.2 Å². The maximum atomic E-state index is 12.7. The lowest BCUT2D eigenvalue weighted by Crippen LogP contribution is -2.36. The Morgan fingerprint density at radius 2 is 2.07 bits per heavy atom. The molecule has 1 heterocycles. The number of fused-ring (bicyclic) bond motifs is 2. The number of esters is 1. The van der Waals surface area contributed by atoms with Crippen LogP contribution in [0.25, 0.3) is 11.0 Å². The molecule has 1 aliphatic carbocycles. The van der Waals surface area contributed by atoms with Crippen LogP contribution in [0.1, 0.15) is 47.3 Å². The molecule has 4 rings (SSSR count). The minimum atomic E-state index is -0.538. The zero-order valence-corrected chi connectivity index (χ0v) is 16.7. The molecule has 0 bridgehead atoms. The van der Waals surface area contributed by atoms with Gasteiger partial charge in [-0.05, 0) is 55.5 Å². The minimum Gasteiger partial charge on any atom is -0.452 e. The van der Waals surface area contributed by atoms with Crippen molar-refractivity contribution >= 4 is 22.9 Å². The molecular formula is C22H24N4O3. The highest BCUT2D eigenvalue weighted by atomic mass is 16.5. The van der Waals surface area contributed by atoms with E-state index in [0.717, 1.165) is 24.8 Å². The van der Waals surface area contributed by atoms with Crippen molar-refractivity contribution in [2.45, 2.75) is 38.8 Å². The summed E-state index contributed by atoms with van der Waals surface area (Å²) < 4.78 is 7.04. The molecule has 29 heavy (non-hydrogen) atoms. The fourth-order valence-electron chi connectivity index (χ4n) is 3.95. The van der Waals surface area contributed by atoms with Gasteiger partial charge in [0.25, 0.3) is 5.91 Å². The molecule has 0 N–H and O–H groups in total. The van der Waals surface area contributed by atoms with Gasteiger partial charge in [0.1, 0.15) is 5.52 Å². The number of hydrogen-bond acceptors (Lipinski definition) is 5. The number of nitrogens with zero attached hydrogens (tertiary/aromatic N) is 4. The van der Waals surface area contributed by atoms with E-state index in [1.807, 2.05) is 19.1 Å². The molecule has 1 atom stereocenters. The van der Waals surface area contributed by atoms with Gasteiger partial charge in [0, 0.05) is 13.6 Å². The number of hydrogen-bond donors (Lipinski definition) is 0. The normalized spacial score (nSPS) is 15.7. The van der Waals surface area contributed by atoms with Gasteiger partial charge in [0.2, 0.25) is 0 Å². The molecule has 0 aliphatic heterocycles. The summed E-state index contributed by atoms with van der Waals surface area (Å²) >= 11 is 0. The summed E-state index contributed by atoms with van der Waals surface area (Å²) in [4.78, 5) is 26.8. The maximum absolute atomic E-state index is 12.7. The van der Waals surface area contributed by atoms with Gasteiger partial charge in [-0.15, -0.1) is 5.10 Å². The van der Waals surface area contributed by atoms with Gasteiger partial charge in [-0.1, -0.05) is 29.5 Å². The second kappa shape index (κ2) is 8.03. The standard InChI is InChI=1S/C22H24N4O3/c1-3-26-20-12-11-16(13-18(20)23-24-26)22(28)29-14-21(27)25(2)19-10-6-8-15-7-4-5-9-17(15)19/h4-5,7,9,11-13,19H,3,6,8,10,14H2,1-2H3/t19-/m1/s1. The van der Waals surface area contributed by atoms with E-state index in [4.69, 9.17) is 4.74 Å². The molecule has 2 aromatic carbocycles. The van der Waals surface area contributed by atoms with Crippen LogP contribution in [-0.4, -0.2) is 45.4 Å². The molecular weight excluding hydrogens is 368 g/mol. The van der Waals surface area contributed by atoms with Crippen LogP contribution in [0.5, 0.6) is 0 Å². The molecule has 0 fully saturated rings. The van der Waals surface area contributed by atoms with Crippen molar-refractivity contribution < 1.29 is 14.3 Å². The SMILES string of the molecule is CCn1nnc2cc(C(=O)OCC(=O)N(C)[C@@H]3CCCc4ccccc43)ccc21. The molecule has 7 heteroatoms. The molecule has 1 amide bonds. The average Bonchev–Trinajstić information content (AvgIpc) is 3.18. The molecule has 1 aliphatic rings. The van der Waals surface area contributed by atoms with Crippen LogP contribution >= 0.6 is 0 Å². The minimum absolute atomic E-state index is 0.0200. The molecule has 0 saturated heterocycles. The highest BCUT2D eigenvalue weighted by molar-refractivity contribution is 5.94. The lowest BCUT2D eigenvalue weighted by Gasteiger charge is -2.33. The Kier molecular flexibility index (Phi) is 5.29. The molecule has 3 aromatic rings. The van der Waals surface area contributed by atoms with E-state index in [9.17, 15) is 9.59 Å². The Hall–Kier alpha value is -3.22. The van der Waals surface area contributed by atoms with E-state index in [1.54, 1.807) is 34.8 Å². The Morgan fingerprint density at radius 1 is 1.24 bits per heavy atom. The third-order valence-corrected chi connectivity index (χ3v) is 5.57. The van der Waals surface area contributed by atoms with E-state index in [0.29, 0.717) is 17.6 Å². The zero-order valence-electron chi connectivity index (χ0n) is 16.7. The van der Waals surface area contributed by atoms with E-state index >= 15 is 0 Å². The third-order valence-electron chi connectivity index (χ3n) is 5.57. The van der Waals surface area contributed by atoms with Gasteiger partial charge >= 0.3 is 5.97 Å². The summed E-state index contributed by atoms with van der Waals surface area (Å²) in [5, 5.41) is 8.10. The molecule has 0 spiro atoms. The van der Waals surface area contributed by atoms with Gasteiger partial charge in [-0.25, -0.2) is 9.48 Å². The number of rotatable bonds is 5. The monoisotopic (exact) mass is 392 g/mol. The summed E-state index contributed by atoms with van der Waals surface area (Å²) in [6.07, 6.45) is 2.99. The van der Waals surface area contributed by atoms with Crippen LogP contribution in [0.15, 0.2) is 42.5 Å². The Balaban J connectivity index is 1.41. The Morgan fingerprint density at radius 3 is 2.90 bits per heavy atom. The number of ether oxygens (including phenoxy) is 1. The number of carbonyl (C=O) groups excluding carboxylic acids is 2. The number of aryl methyl sites for hydroxylation is 2. The first kappa shape index (κ1) is 19.1. The quantitative estimate of drug-likeness (QED) is 0.624. The molecule has 150 valence electrons. The van der Waals surface area contributed by atoms with Crippen molar-refractivity contribution in [2.75, 3.05) is 13.7 Å². The molecule has 7 nitrogen and oxygen atoms in total. The van der Waals surface area contributed by atoms with E-state index in [1.165, 1.54) is 11.1 Å². The van der Waals surface area contributed by atoms with Gasteiger partial charge in [0.05, 0.1) is 17.1 Å². The third kappa shape index (κ3) is 3.72. The summed E-state index contributed by atoms with van der Waals surface area (Å²) in [6, 6.07) is 13.3. The summed E-state index contributed by atoms with van der Waals surface area (Å²) in [6.45, 7) is 2.39. The molecule has 1 aromatic heterocycles. The fourth-order valence-corrected chi connectivity index (χ4v) is 3.95. The number of carbonyl (C=O) groups is 2. The second-order valence-corrected chi connectivity index (χ2v) is 7.30. The number of likely N-dealkylation sites (N-methyl/N-ethyl adjacent to an activating group) is 1. The molecule has 0 radical (unpaired) electrons. The van der Waals surface area contributed by atoms with E-state index in [2.05, 4.69) is 22.4 Å². The first-order valence-electron chi connectivity index (χ1n) is 9.92. The van der Waals surface area contributed by atoms with E-state index in [-0.39, 0.29) is 18.6 Å². The van der Waals surface area contributed by atoms with Gasteiger partial charge in [-0.2, -0.15) is 0 Å². The van der Waals surface area contributed by atoms with Gasteiger partial charge in [0.15, 0.2) is 6.61 Å². The summed E-state index contributed by atoms with van der Waals surface area (Å²) in [5.41, 5.74) is 4.32. The van der Waals surface area contributed by atoms with Crippen LogP contribution in [0.4, 0.5) is 0 Å². The summed E-state index contributed by atoms with van der Waals surface area (Å²) in [5.74, 6) is -0.748. The largest absolute Gasteiger partial charge is 0.452 e. The highest BCUT2D eigenvalue weighted by Gasteiger charge is 2.27. The summed E-state index contributed by atoms with van der Waals surface area (Å²) in [7, 11) is 1.78. The number of amides is 1. The first-order valence-corrected chi connectivity index (χ1v) is 9.92. The topological polar surface area (TPSA) is 77.3 Å². The van der Waals surface area contributed by atoms with Crippen LogP contribution in [0, 0.1) is 0 Å². The average molecular weight is 392 g/mol. The van der Waals surface area contributed by atoms with Crippen molar-refractivity contribution in [3.8, 4) is 0 Å². The van der Waals surface area contributed by atoms with Crippen LogP contribution in [0.2, 0.25) is 0 Å². The molecule has 0 unspecified atom stereocenters. The zero-order chi connectivity index (χ0) is 20.4.